The molecule has 1 N–H and O–H groups in total. The summed E-state index contributed by atoms with van der Waals surface area (Å²) in [5.41, 5.74) is -0.145. The fraction of sp³-hybridized carbons (Fsp3) is 0.133. The monoisotopic (exact) mass is 349 g/mol. The third-order valence-electron chi connectivity index (χ3n) is 3.33. The molecule has 0 fully saturated rings. The second kappa shape index (κ2) is 7.05. The lowest BCUT2D eigenvalue weighted by Gasteiger charge is -2.14. The number of nitrogens with one attached hydrogen (secondary N) is 1. The summed E-state index contributed by atoms with van der Waals surface area (Å²) in [6.45, 7) is 1.62. The number of carbonyl (C=O) groups excluding carboxylic acids is 1. The third kappa shape index (κ3) is 3.85. The van der Waals surface area contributed by atoms with Gasteiger partial charge in [0.15, 0.2) is 0 Å². The van der Waals surface area contributed by atoms with Gasteiger partial charge in [-0.15, -0.1) is 0 Å². The van der Waals surface area contributed by atoms with E-state index >= 15 is 0 Å². The first-order chi connectivity index (χ1) is 11.3. The Balaban J connectivity index is 2.25. The molecular formula is C15H12ClN3O5. The lowest BCUT2D eigenvalue weighted by atomic mass is 10.1. The lowest BCUT2D eigenvalue weighted by molar-refractivity contribution is -0.385. The normalized spacial score (nSPS) is 11.6. The number of nitro benzene ring substituents is 2. The van der Waals surface area contributed by atoms with E-state index in [1.54, 1.807) is 13.0 Å². The zero-order valence-corrected chi connectivity index (χ0v) is 13.2. The van der Waals surface area contributed by atoms with Gasteiger partial charge in [0.1, 0.15) is 5.56 Å². The maximum absolute atomic E-state index is 12.3. The van der Waals surface area contributed by atoms with Gasteiger partial charge in [0.2, 0.25) is 0 Å². The average molecular weight is 350 g/mol. The van der Waals surface area contributed by atoms with Crippen molar-refractivity contribution in [1.82, 2.24) is 5.32 Å². The van der Waals surface area contributed by atoms with Crippen LogP contribution in [0.3, 0.4) is 0 Å². The number of hydrogen-bond acceptors (Lipinski definition) is 5. The molecule has 1 amide bonds. The largest absolute Gasteiger partial charge is 0.345 e. The van der Waals surface area contributed by atoms with E-state index < -0.39 is 27.5 Å². The first-order valence-corrected chi connectivity index (χ1v) is 7.16. The highest BCUT2D eigenvalue weighted by Gasteiger charge is 2.22. The predicted molar refractivity (Wildman–Crippen MR) is 87.1 cm³/mol. The van der Waals surface area contributed by atoms with E-state index in [1.165, 1.54) is 30.3 Å². The number of amides is 1. The number of benzene rings is 2. The number of carbonyl (C=O) groups is 1. The quantitative estimate of drug-likeness (QED) is 0.653. The van der Waals surface area contributed by atoms with E-state index in [-0.39, 0.29) is 16.3 Å². The van der Waals surface area contributed by atoms with Crippen molar-refractivity contribution in [2.24, 2.45) is 0 Å². The van der Waals surface area contributed by atoms with E-state index in [0.29, 0.717) is 5.56 Å². The standard InChI is InChI=1S/C15H12ClN3O5/c1-9(10-3-2-4-12(7-10)18(21)22)17-15(20)13-6-5-11(16)8-14(13)19(23)24/h2-9H,1H3,(H,17,20). The third-order valence-corrected chi connectivity index (χ3v) is 3.56. The summed E-state index contributed by atoms with van der Waals surface area (Å²) < 4.78 is 0. The maximum Gasteiger partial charge on any atom is 0.283 e. The minimum absolute atomic E-state index is 0.105. The van der Waals surface area contributed by atoms with Gasteiger partial charge in [-0.1, -0.05) is 23.7 Å². The molecule has 0 aliphatic carbocycles. The first kappa shape index (κ1) is 17.4. The van der Waals surface area contributed by atoms with Crippen LogP contribution in [0, 0.1) is 20.2 Å². The summed E-state index contributed by atoms with van der Waals surface area (Å²) in [4.78, 5) is 32.9. The van der Waals surface area contributed by atoms with Crippen molar-refractivity contribution in [3.8, 4) is 0 Å². The van der Waals surface area contributed by atoms with Gasteiger partial charge in [0.05, 0.1) is 15.9 Å². The SMILES string of the molecule is CC(NC(=O)c1ccc(Cl)cc1[N+](=O)[O-])c1cccc([N+](=O)[O-])c1. The summed E-state index contributed by atoms with van der Waals surface area (Å²) >= 11 is 5.71. The minimum atomic E-state index is -0.696. The summed E-state index contributed by atoms with van der Waals surface area (Å²) in [6.07, 6.45) is 0. The molecule has 1 unspecified atom stereocenters. The van der Waals surface area contributed by atoms with Crippen LogP contribution in [0.1, 0.15) is 28.9 Å². The van der Waals surface area contributed by atoms with E-state index in [4.69, 9.17) is 11.6 Å². The molecule has 24 heavy (non-hydrogen) atoms. The second-order valence-electron chi connectivity index (χ2n) is 4.97. The molecule has 0 radical (unpaired) electrons. The summed E-state index contributed by atoms with van der Waals surface area (Å²) in [6, 6.07) is 8.94. The van der Waals surface area contributed by atoms with Crippen LogP contribution in [0.5, 0.6) is 0 Å². The Morgan fingerprint density at radius 3 is 2.46 bits per heavy atom. The smallest absolute Gasteiger partial charge is 0.283 e. The highest BCUT2D eigenvalue weighted by molar-refractivity contribution is 6.31. The Morgan fingerprint density at radius 1 is 1.12 bits per heavy atom. The number of halogens is 1. The molecule has 0 aliphatic rings. The topological polar surface area (TPSA) is 115 Å². The van der Waals surface area contributed by atoms with Crippen LogP contribution in [0.25, 0.3) is 0 Å². The van der Waals surface area contributed by atoms with Crippen LogP contribution >= 0.6 is 11.6 Å². The van der Waals surface area contributed by atoms with Crippen LogP contribution in [-0.2, 0) is 0 Å². The van der Waals surface area contributed by atoms with Crippen molar-refractivity contribution >= 4 is 28.9 Å². The minimum Gasteiger partial charge on any atom is -0.345 e. The zero-order valence-electron chi connectivity index (χ0n) is 12.4. The van der Waals surface area contributed by atoms with Gasteiger partial charge in [0, 0.05) is 23.2 Å². The molecule has 0 aliphatic heterocycles. The summed E-state index contributed by atoms with van der Waals surface area (Å²) in [5, 5.41) is 24.6. The molecule has 2 aromatic rings. The van der Waals surface area contributed by atoms with Crippen LogP contribution in [0.15, 0.2) is 42.5 Å². The molecule has 9 heteroatoms. The van der Waals surface area contributed by atoms with Gasteiger partial charge in [-0.05, 0) is 24.6 Å². The molecule has 0 bridgehead atoms. The Labute approximate surface area is 141 Å². The molecule has 0 saturated carbocycles. The van der Waals surface area contributed by atoms with Gasteiger partial charge in [-0.2, -0.15) is 0 Å². The number of nitrogens with zero attached hydrogens (tertiary/aromatic N) is 2. The van der Waals surface area contributed by atoms with Crippen molar-refractivity contribution in [1.29, 1.82) is 0 Å². The molecule has 0 heterocycles. The van der Waals surface area contributed by atoms with Crippen LogP contribution in [-0.4, -0.2) is 15.8 Å². The summed E-state index contributed by atoms with van der Waals surface area (Å²) in [7, 11) is 0. The van der Waals surface area contributed by atoms with Crippen LogP contribution in [0.2, 0.25) is 5.02 Å². The van der Waals surface area contributed by atoms with Crippen molar-refractivity contribution in [2.45, 2.75) is 13.0 Å². The molecule has 2 rings (SSSR count). The molecule has 0 spiro atoms. The molecule has 8 nitrogen and oxygen atoms in total. The fourth-order valence-corrected chi connectivity index (χ4v) is 2.28. The van der Waals surface area contributed by atoms with Gasteiger partial charge in [0.25, 0.3) is 17.3 Å². The van der Waals surface area contributed by atoms with Crippen molar-refractivity contribution in [3.05, 3.63) is 78.8 Å². The molecule has 2 aromatic carbocycles. The average Bonchev–Trinajstić information content (AvgIpc) is 2.54. The second-order valence-corrected chi connectivity index (χ2v) is 5.40. The Bertz CT molecular complexity index is 825. The van der Waals surface area contributed by atoms with E-state index in [0.717, 1.165) is 6.07 Å². The van der Waals surface area contributed by atoms with Crippen molar-refractivity contribution < 1.29 is 14.6 Å². The number of rotatable bonds is 5. The van der Waals surface area contributed by atoms with E-state index in [1.807, 2.05) is 0 Å². The van der Waals surface area contributed by atoms with Gasteiger partial charge < -0.3 is 5.32 Å². The molecule has 0 saturated heterocycles. The fourth-order valence-electron chi connectivity index (χ4n) is 2.11. The number of non-ortho nitro benzene ring substituents is 1. The highest BCUT2D eigenvalue weighted by Crippen LogP contribution is 2.24. The molecular weight excluding hydrogens is 338 g/mol. The first-order valence-electron chi connectivity index (χ1n) is 6.78. The van der Waals surface area contributed by atoms with Gasteiger partial charge in [-0.25, -0.2) is 0 Å². The maximum atomic E-state index is 12.3. The van der Waals surface area contributed by atoms with Crippen molar-refractivity contribution in [2.75, 3.05) is 0 Å². The lowest BCUT2D eigenvalue weighted by Crippen LogP contribution is -2.27. The van der Waals surface area contributed by atoms with Gasteiger partial charge >= 0.3 is 0 Å². The van der Waals surface area contributed by atoms with Crippen molar-refractivity contribution in [3.63, 3.8) is 0 Å². The van der Waals surface area contributed by atoms with E-state index in [9.17, 15) is 25.0 Å². The van der Waals surface area contributed by atoms with Gasteiger partial charge in [-0.3, -0.25) is 25.0 Å². The molecule has 0 aromatic heterocycles. The zero-order chi connectivity index (χ0) is 17.9. The van der Waals surface area contributed by atoms with Crippen LogP contribution in [0.4, 0.5) is 11.4 Å². The number of hydrogen-bond donors (Lipinski definition) is 1. The molecule has 124 valence electrons. The number of nitro groups is 2. The predicted octanol–water partition coefficient (Wildman–Crippen LogP) is 3.65. The highest BCUT2D eigenvalue weighted by atomic mass is 35.5. The Morgan fingerprint density at radius 2 is 1.83 bits per heavy atom. The summed E-state index contributed by atoms with van der Waals surface area (Å²) in [5.74, 6) is -0.669. The van der Waals surface area contributed by atoms with Crippen LogP contribution < -0.4 is 5.32 Å². The Hall–Kier alpha value is -3.00. The molecule has 1 atom stereocenters. The Kier molecular flexibility index (Phi) is 5.10. The van der Waals surface area contributed by atoms with E-state index in [2.05, 4.69) is 5.32 Å².